The monoisotopic (exact) mass is 327 g/mol. The van der Waals surface area contributed by atoms with Gasteiger partial charge in [0.05, 0.1) is 25.7 Å². The number of ether oxygens (including phenoxy) is 1. The van der Waals surface area contributed by atoms with E-state index in [9.17, 15) is 5.11 Å². The summed E-state index contributed by atoms with van der Waals surface area (Å²) >= 11 is 1.41. The van der Waals surface area contributed by atoms with Gasteiger partial charge in [0, 0.05) is 5.56 Å². The lowest BCUT2D eigenvalue weighted by Gasteiger charge is -2.07. The first kappa shape index (κ1) is 14.0. The highest BCUT2D eigenvalue weighted by molar-refractivity contribution is 7.19. The molecule has 1 N–H and O–H groups in total. The van der Waals surface area contributed by atoms with Gasteiger partial charge in [0.15, 0.2) is 10.8 Å². The number of hydrogen-bond acceptors (Lipinski definition) is 6. The highest BCUT2D eigenvalue weighted by Crippen LogP contribution is 2.35. The molecule has 6 nitrogen and oxygen atoms in total. The molecule has 3 heterocycles. The number of para-hydroxylation sites is 1. The zero-order valence-electron chi connectivity index (χ0n) is 12.3. The minimum atomic E-state index is -0.171. The Morgan fingerprint density at radius 3 is 2.87 bits per heavy atom. The second-order valence-electron chi connectivity index (χ2n) is 4.84. The third kappa shape index (κ3) is 2.21. The number of aliphatic hydroxyl groups is 1. The highest BCUT2D eigenvalue weighted by atomic mass is 32.1. The summed E-state index contributed by atoms with van der Waals surface area (Å²) in [5.74, 6) is 1.39. The average Bonchev–Trinajstić information content (AvgIpc) is 3.29. The molecule has 0 radical (unpaired) electrons. The van der Waals surface area contributed by atoms with Gasteiger partial charge in [0.2, 0.25) is 4.96 Å². The summed E-state index contributed by atoms with van der Waals surface area (Å²) in [6.45, 7) is -0.171. The zero-order valence-corrected chi connectivity index (χ0v) is 13.1. The topological polar surface area (TPSA) is 72.8 Å². The fourth-order valence-corrected chi connectivity index (χ4v) is 3.37. The Morgan fingerprint density at radius 1 is 1.26 bits per heavy atom. The Bertz CT molecular complexity index is 956. The summed E-state index contributed by atoms with van der Waals surface area (Å²) in [7, 11) is 1.61. The molecule has 0 unspecified atom stereocenters. The lowest BCUT2D eigenvalue weighted by atomic mass is 10.1. The van der Waals surface area contributed by atoms with Gasteiger partial charge in [0.1, 0.15) is 11.4 Å². The summed E-state index contributed by atoms with van der Waals surface area (Å²) in [4.78, 5) is 5.33. The zero-order chi connectivity index (χ0) is 15.8. The summed E-state index contributed by atoms with van der Waals surface area (Å²) in [5, 5.41) is 15.0. The quantitative estimate of drug-likeness (QED) is 0.623. The van der Waals surface area contributed by atoms with Crippen LogP contribution in [0.15, 0.2) is 47.1 Å². The van der Waals surface area contributed by atoms with E-state index in [1.807, 2.05) is 36.4 Å². The Balaban J connectivity index is 1.90. The third-order valence-electron chi connectivity index (χ3n) is 3.54. The summed E-state index contributed by atoms with van der Waals surface area (Å²) in [6, 6.07) is 11.2. The van der Waals surface area contributed by atoms with Crippen molar-refractivity contribution in [2.24, 2.45) is 0 Å². The molecule has 4 aromatic rings. The molecule has 0 fully saturated rings. The van der Waals surface area contributed by atoms with Crippen LogP contribution in [-0.4, -0.2) is 26.8 Å². The summed E-state index contributed by atoms with van der Waals surface area (Å²) in [5.41, 5.74) is 2.13. The van der Waals surface area contributed by atoms with Crippen molar-refractivity contribution in [2.75, 3.05) is 7.11 Å². The molecule has 3 aromatic heterocycles. The largest absolute Gasteiger partial charge is 0.496 e. The maximum absolute atomic E-state index is 9.81. The molecule has 0 amide bonds. The number of rotatable bonds is 4. The van der Waals surface area contributed by atoms with Gasteiger partial charge in [-0.3, -0.25) is 0 Å². The Kier molecular flexibility index (Phi) is 3.36. The van der Waals surface area contributed by atoms with Crippen molar-refractivity contribution in [3.63, 3.8) is 0 Å². The molecule has 0 spiro atoms. The maximum Gasteiger partial charge on any atom is 0.213 e. The molecule has 0 atom stereocenters. The van der Waals surface area contributed by atoms with Gasteiger partial charge in [-0.05, 0) is 24.3 Å². The van der Waals surface area contributed by atoms with Crippen molar-refractivity contribution in [2.45, 2.75) is 6.61 Å². The van der Waals surface area contributed by atoms with Crippen molar-refractivity contribution in [1.82, 2.24) is 14.6 Å². The predicted octanol–water partition coefficient (Wildman–Crippen LogP) is 3.22. The van der Waals surface area contributed by atoms with Crippen LogP contribution in [0.5, 0.6) is 5.75 Å². The van der Waals surface area contributed by atoms with Crippen LogP contribution in [0.4, 0.5) is 0 Å². The van der Waals surface area contributed by atoms with E-state index in [2.05, 4.69) is 10.1 Å². The fourth-order valence-electron chi connectivity index (χ4n) is 2.49. The van der Waals surface area contributed by atoms with Gasteiger partial charge in [-0.15, -0.1) is 0 Å². The number of aliphatic hydroxyl groups excluding tert-OH is 1. The van der Waals surface area contributed by atoms with E-state index in [4.69, 9.17) is 9.15 Å². The predicted molar refractivity (Wildman–Crippen MR) is 86.5 cm³/mol. The van der Waals surface area contributed by atoms with Crippen LogP contribution >= 0.6 is 11.3 Å². The number of fused-ring (bicyclic) bond motifs is 1. The highest BCUT2D eigenvalue weighted by Gasteiger charge is 2.20. The van der Waals surface area contributed by atoms with E-state index >= 15 is 0 Å². The van der Waals surface area contributed by atoms with Crippen LogP contribution in [0.1, 0.15) is 5.69 Å². The molecule has 0 bridgehead atoms. The maximum atomic E-state index is 9.81. The SMILES string of the molecule is COc1ccccc1-c1nc2sc(-c3ccco3)nn2c1CO. The van der Waals surface area contributed by atoms with E-state index in [1.165, 1.54) is 11.3 Å². The van der Waals surface area contributed by atoms with Crippen molar-refractivity contribution < 1.29 is 14.3 Å². The van der Waals surface area contributed by atoms with Crippen LogP contribution in [0.25, 0.3) is 27.0 Å². The van der Waals surface area contributed by atoms with Crippen molar-refractivity contribution >= 4 is 16.3 Å². The normalized spacial score (nSPS) is 11.2. The minimum absolute atomic E-state index is 0.171. The summed E-state index contributed by atoms with van der Waals surface area (Å²) in [6.07, 6.45) is 1.60. The van der Waals surface area contributed by atoms with Gasteiger partial charge >= 0.3 is 0 Å². The molecule has 4 rings (SSSR count). The van der Waals surface area contributed by atoms with Crippen LogP contribution in [-0.2, 0) is 6.61 Å². The lowest BCUT2D eigenvalue weighted by Crippen LogP contribution is -1.97. The number of imidazole rings is 1. The van der Waals surface area contributed by atoms with E-state index < -0.39 is 0 Å². The number of furan rings is 1. The molecule has 1 aromatic carbocycles. The van der Waals surface area contributed by atoms with Gasteiger partial charge in [-0.25, -0.2) is 9.50 Å². The van der Waals surface area contributed by atoms with Gasteiger partial charge in [-0.2, -0.15) is 5.10 Å². The van der Waals surface area contributed by atoms with Crippen LogP contribution in [0.2, 0.25) is 0 Å². The first-order valence-electron chi connectivity index (χ1n) is 6.98. The molecule has 7 heteroatoms. The Labute approximate surface area is 135 Å². The second kappa shape index (κ2) is 5.53. The molecule has 0 saturated heterocycles. The smallest absolute Gasteiger partial charge is 0.213 e. The Morgan fingerprint density at radius 2 is 2.13 bits per heavy atom. The van der Waals surface area contributed by atoms with Crippen molar-refractivity contribution in [3.05, 3.63) is 48.4 Å². The van der Waals surface area contributed by atoms with E-state index in [0.29, 0.717) is 27.9 Å². The first-order valence-corrected chi connectivity index (χ1v) is 7.80. The molecule has 23 heavy (non-hydrogen) atoms. The first-order chi connectivity index (χ1) is 11.3. The van der Waals surface area contributed by atoms with Gasteiger partial charge in [0.25, 0.3) is 0 Å². The van der Waals surface area contributed by atoms with Gasteiger partial charge < -0.3 is 14.3 Å². The number of nitrogens with zero attached hydrogens (tertiary/aromatic N) is 3. The van der Waals surface area contributed by atoms with Crippen molar-refractivity contribution in [3.8, 4) is 27.8 Å². The second-order valence-corrected chi connectivity index (χ2v) is 5.80. The van der Waals surface area contributed by atoms with Crippen molar-refractivity contribution in [1.29, 1.82) is 0 Å². The third-order valence-corrected chi connectivity index (χ3v) is 4.46. The number of methoxy groups -OCH3 is 1. The standard InChI is InChI=1S/C16H13N3O3S/c1-21-12-6-3-2-5-10(12)14-11(9-20)19-16(17-14)23-15(18-19)13-7-4-8-22-13/h2-8,20H,9H2,1H3. The summed E-state index contributed by atoms with van der Waals surface area (Å²) < 4.78 is 12.4. The molecule has 0 aliphatic heterocycles. The fraction of sp³-hybridized carbons (Fsp3) is 0.125. The Hall–Kier alpha value is -2.64. The number of benzene rings is 1. The molecule has 0 saturated carbocycles. The molecule has 0 aliphatic carbocycles. The van der Waals surface area contributed by atoms with E-state index in [-0.39, 0.29) is 6.61 Å². The van der Waals surface area contributed by atoms with Crippen LogP contribution in [0, 0.1) is 0 Å². The minimum Gasteiger partial charge on any atom is -0.496 e. The molecule has 116 valence electrons. The van der Waals surface area contributed by atoms with Crippen LogP contribution < -0.4 is 4.74 Å². The molecular formula is C16H13N3O3S. The number of aromatic nitrogens is 3. The van der Waals surface area contributed by atoms with E-state index in [1.54, 1.807) is 17.9 Å². The number of hydrogen-bond donors (Lipinski definition) is 1. The van der Waals surface area contributed by atoms with Gasteiger partial charge in [-0.1, -0.05) is 23.5 Å². The van der Waals surface area contributed by atoms with E-state index in [0.717, 1.165) is 10.6 Å². The van der Waals surface area contributed by atoms with Crippen LogP contribution in [0.3, 0.4) is 0 Å². The molecule has 0 aliphatic rings. The molecular weight excluding hydrogens is 314 g/mol. The average molecular weight is 327 g/mol. The lowest BCUT2D eigenvalue weighted by molar-refractivity contribution is 0.275.